The number of hydrogen-bond donors (Lipinski definition) is 1. The summed E-state index contributed by atoms with van der Waals surface area (Å²) in [5.41, 5.74) is 0. The Morgan fingerprint density at radius 1 is 1.05 bits per heavy atom. The molecule has 0 atom stereocenters. The summed E-state index contributed by atoms with van der Waals surface area (Å²) in [6.45, 7) is 3.85. The van der Waals surface area contributed by atoms with Crippen molar-refractivity contribution >= 4 is 0 Å². The fourth-order valence-corrected chi connectivity index (χ4v) is 1.52. The molecule has 4 nitrogen and oxygen atoms in total. The van der Waals surface area contributed by atoms with E-state index in [2.05, 4.69) is 5.32 Å². The molecule has 0 radical (unpaired) electrons. The van der Waals surface area contributed by atoms with Crippen LogP contribution in [0.25, 0.3) is 0 Å². The SMILES string of the molecule is CCOc1ccccc1OCCNCCOCC(F)F. The van der Waals surface area contributed by atoms with Crippen LogP contribution in [0.1, 0.15) is 6.92 Å². The van der Waals surface area contributed by atoms with E-state index in [4.69, 9.17) is 14.2 Å². The van der Waals surface area contributed by atoms with Crippen LogP contribution in [0, 0.1) is 0 Å². The van der Waals surface area contributed by atoms with Crippen molar-refractivity contribution in [3.05, 3.63) is 24.3 Å². The minimum absolute atomic E-state index is 0.264. The Morgan fingerprint density at radius 3 is 2.35 bits per heavy atom. The van der Waals surface area contributed by atoms with Crippen LogP contribution < -0.4 is 14.8 Å². The molecule has 0 heterocycles. The summed E-state index contributed by atoms with van der Waals surface area (Å²) >= 11 is 0. The molecule has 0 aromatic heterocycles. The lowest BCUT2D eigenvalue weighted by Gasteiger charge is -2.12. The highest BCUT2D eigenvalue weighted by molar-refractivity contribution is 5.39. The van der Waals surface area contributed by atoms with E-state index in [9.17, 15) is 8.78 Å². The van der Waals surface area contributed by atoms with E-state index in [0.717, 1.165) is 5.75 Å². The molecule has 20 heavy (non-hydrogen) atoms. The second kappa shape index (κ2) is 10.4. The average molecular weight is 289 g/mol. The Labute approximate surface area is 118 Å². The van der Waals surface area contributed by atoms with Gasteiger partial charge in [-0.15, -0.1) is 0 Å². The summed E-state index contributed by atoms with van der Waals surface area (Å²) in [6, 6.07) is 7.46. The molecule has 1 aromatic carbocycles. The third-order valence-electron chi connectivity index (χ3n) is 2.35. The molecular weight excluding hydrogens is 268 g/mol. The fraction of sp³-hybridized carbons (Fsp3) is 0.571. The van der Waals surface area contributed by atoms with Crippen LogP contribution in [-0.4, -0.2) is 45.9 Å². The van der Waals surface area contributed by atoms with Crippen molar-refractivity contribution < 1.29 is 23.0 Å². The first-order valence-electron chi connectivity index (χ1n) is 6.65. The maximum absolute atomic E-state index is 11.8. The van der Waals surface area contributed by atoms with Gasteiger partial charge in [0.1, 0.15) is 13.2 Å². The zero-order valence-corrected chi connectivity index (χ0v) is 11.6. The highest BCUT2D eigenvalue weighted by atomic mass is 19.3. The van der Waals surface area contributed by atoms with Gasteiger partial charge in [-0.05, 0) is 19.1 Å². The first-order valence-corrected chi connectivity index (χ1v) is 6.65. The number of halogens is 2. The first kappa shape index (κ1) is 16.7. The minimum atomic E-state index is -2.41. The van der Waals surface area contributed by atoms with Gasteiger partial charge in [0.15, 0.2) is 11.5 Å². The molecule has 0 aliphatic carbocycles. The molecule has 114 valence electrons. The maximum atomic E-state index is 11.8. The predicted octanol–water partition coefficient (Wildman–Crippen LogP) is 2.34. The Balaban J connectivity index is 2.09. The van der Waals surface area contributed by atoms with Gasteiger partial charge in [-0.1, -0.05) is 12.1 Å². The molecule has 0 aliphatic rings. The zero-order chi connectivity index (χ0) is 14.6. The molecule has 0 unspecified atom stereocenters. The number of ether oxygens (including phenoxy) is 3. The molecular formula is C14H21F2NO3. The monoisotopic (exact) mass is 289 g/mol. The summed E-state index contributed by atoms with van der Waals surface area (Å²) in [5, 5.41) is 3.05. The van der Waals surface area contributed by atoms with E-state index in [1.165, 1.54) is 0 Å². The van der Waals surface area contributed by atoms with Gasteiger partial charge in [-0.3, -0.25) is 0 Å². The van der Waals surface area contributed by atoms with Crippen molar-refractivity contribution in [3.8, 4) is 11.5 Å². The van der Waals surface area contributed by atoms with Gasteiger partial charge in [-0.2, -0.15) is 0 Å². The fourth-order valence-electron chi connectivity index (χ4n) is 1.52. The lowest BCUT2D eigenvalue weighted by atomic mass is 10.3. The zero-order valence-electron chi connectivity index (χ0n) is 11.6. The van der Waals surface area contributed by atoms with E-state index in [-0.39, 0.29) is 6.61 Å². The largest absolute Gasteiger partial charge is 0.490 e. The van der Waals surface area contributed by atoms with E-state index >= 15 is 0 Å². The number of para-hydroxylation sites is 2. The summed E-state index contributed by atoms with van der Waals surface area (Å²) in [4.78, 5) is 0. The number of rotatable bonds is 11. The minimum Gasteiger partial charge on any atom is -0.490 e. The van der Waals surface area contributed by atoms with E-state index in [0.29, 0.717) is 32.1 Å². The van der Waals surface area contributed by atoms with E-state index in [1.807, 2.05) is 31.2 Å². The third-order valence-corrected chi connectivity index (χ3v) is 2.35. The summed E-state index contributed by atoms with van der Waals surface area (Å²) < 4.78 is 39.3. The van der Waals surface area contributed by atoms with Crippen LogP contribution >= 0.6 is 0 Å². The number of nitrogens with one attached hydrogen (secondary N) is 1. The first-order chi connectivity index (χ1) is 9.74. The van der Waals surface area contributed by atoms with Crippen LogP contribution in [0.4, 0.5) is 8.78 Å². The molecule has 0 spiro atoms. The Morgan fingerprint density at radius 2 is 1.70 bits per heavy atom. The molecule has 0 saturated heterocycles. The van der Waals surface area contributed by atoms with Gasteiger partial charge < -0.3 is 19.5 Å². The second-order valence-corrected chi connectivity index (χ2v) is 3.94. The highest BCUT2D eigenvalue weighted by Crippen LogP contribution is 2.25. The van der Waals surface area contributed by atoms with Gasteiger partial charge in [-0.25, -0.2) is 8.78 Å². The van der Waals surface area contributed by atoms with Crippen molar-refractivity contribution in [2.75, 3.05) is 39.5 Å². The van der Waals surface area contributed by atoms with Crippen molar-refractivity contribution in [1.82, 2.24) is 5.32 Å². The lowest BCUT2D eigenvalue weighted by Crippen LogP contribution is -2.25. The van der Waals surface area contributed by atoms with E-state index < -0.39 is 13.0 Å². The van der Waals surface area contributed by atoms with Gasteiger partial charge in [0, 0.05) is 13.1 Å². The summed E-state index contributed by atoms with van der Waals surface area (Å²) in [7, 11) is 0. The van der Waals surface area contributed by atoms with E-state index in [1.54, 1.807) is 0 Å². The van der Waals surface area contributed by atoms with Crippen molar-refractivity contribution in [2.45, 2.75) is 13.3 Å². The molecule has 0 saturated carbocycles. The summed E-state index contributed by atoms with van der Waals surface area (Å²) in [5.74, 6) is 1.42. The molecule has 0 amide bonds. The normalized spacial score (nSPS) is 10.8. The number of alkyl halides is 2. The highest BCUT2D eigenvalue weighted by Gasteiger charge is 2.03. The van der Waals surface area contributed by atoms with Crippen molar-refractivity contribution in [1.29, 1.82) is 0 Å². The summed E-state index contributed by atoms with van der Waals surface area (Å²) in [6.07, 6.45) is -2.41. The van der Waals surface area contributed by atoms with Crippen LogP contribution in [0.5, 0.6) is 11.5 Å². The van der Waals surface area contributed by atoms with Crippen LogP contribution in [0.2, 0.25) is 0 Å². The molecule has 1 N–H and O–H groups in total. The third kappa shape index (κ3) is 7.25. The molecule has 6 heteroatoms. The molecule has 1 rings (SSSR count). The smallest absolute Gasteiger partial charge is 0.261 e. The van der Waals surface area contributed by atoms with Crippen molar-refractivity contribution in [2.24, 2.45) is 0 Å². The Kier molecular flexibility index (Phi) is 8.66. The molecule has 0 aliphatic heterocycles. The second-order valence-electron chi connectivity index (χ2n) is 3.94. The topological polar surface area (TPSA) is 39.7 Å². The Bertz CT molecular complexity index is 364. The predicted molar refractivity (Wildman–Crippen MR) is 72.8 cm³/mol. The maximum Gasteiger partial charge on any atom is 0.261 e. The number of hydrogen-bond acceptors (Lipinski definition) is 4. The van der Waals surface area contributed by atoms with Gasteiger partial charge in [0.05, 0.1) is 13.2 Å². The Hall–Kier alpha value is -1.40. The van der Waals surface area contributed by atoms with Crippen LogP contribution in [-0.2, 0) is 4.74 Å². The van der Waals surface area contributed by atoms with Gasteiger partial charge in [0.2, 0.25) is 0 Å². The number of benzene rings is 1. The lowest BCUT2D eigenvalue weighted by molar-refractivity contribution is 0.0186. The van der Waals surface area contributed by atoms with Gasteiger partial charge >= 0.3 is 0 Å². The molecule has 1 aromatic rings. The van der Waals surface area contributed by atoms with Crippen molar-refractivity contribution in [3.63, 3.8) is 0 Å². The van der Waals surface area contributed by atoms with Gasteiger partial charge in [0.25, 0.3) is 6.43 Å². The van der Waals surface area contributed by atoms with Crippen LogP contribution in [0.15, 0.2) is 24.3 Å². The molecule has 0 bridgehead atoms. The van der Waals surface area contributed by atoms with Crippen LogP contribution in [0.3, 0.4) is 0 Å². The standard InChI is InChI=1S/C14H21F2NO3/c1-2-19-12-5-3-4-6-13(12)20-10-8-17-7-9-18-11-14(15)16/h3-6,14,17H,2,7-11H2,1H3. The molecule has 0 fully saturated rings. The average Bonchev–Trinajstić information content (AvgIpc) is 2.43. The quantitative estimate of drug-likeness (QED) is 0.635.